The number of rotatable bonds is 7. The summed E-state index contributed by atoms with van der Waals surface area (Å²) in [5.74, 6) is 1.40. The summed E-state index contributed by atoms with van der Waals surface area (Å²) in [7, 11) is 0. The zero-order valence-electron chi connectivity index (χ0n) is 15.7. The van der Waals surface area contributed by atoms with Crippen LogP contribution in [0, 0.1) is 0 Å². The van der Waals surface area contributed by atoms with Gasteiger partial charge >= 0.3 is 0 Å². The molecule has 2 aromatic rings. The van der Waals surface area contributed by atoms with E-state index in [-0.39, 0.29) is 18.3 Å². The molecule has 2 heterocycles. The minimum atomic E-state index is 0. The Morgan fingerprint density at radius 1 is 1.19 bits per heavy atom. The van der Waals surface area contributed by atoms with Gasteiger partial charge in [0.25, 0.3) is 5.89 Å². The molecule has 1 amide bonds. The highest BCUT2D eigenvalue weighted by molar-refractivity contribution is 5.85. The Labute approximate surface area is 166 Å². The van der Waals surface area contributed by atoms with Crippen molar-refractivity contribution >= 4 is 18.3 Å². The lowest BCUT2D eigenvalue weighted by Gasteiger charge is -2.21. The van der Waals surface area contributed by atoms with Crippen molar-refractivity contribution in [1.82, 2.24) is 19.9 Å². The Hall–Kier alpha value is -1.96. The Bertz CT molecular complexity index is 695. The van der Waals surface area contributed by atoms with Gasteiger partial charge in [0.15, 0.2) is 5.82 Å². The largest absolute Gasteiger partial charge is 0.381 e. The van der Waals surface area contributed by atoms with E-state index in [0.717, 1.165) is 38.2 Å². The normalized spacial score (nSPS) is 15.2. The van der Waals surface area contributed by atoms with Gasteiger partial charge in [0, 0.05) is 38.3 Å². The second-order valence-corrected chi connectivity index (χ2v) is 6.34. The van der Waals surface area contributed by atoms with Gasteiger partial charge in [-0.05, 0) is 25.5 Å². The lowest BCUT2D eigenvalue weighted by molar-refractivity contribution is -0.132. The lowest BCUT2D eigenvalue weighted by atomic mass is 10.2. The van der Waals surface area contributed by atoms with E-state index in [0.29, 0.717) is 37.9 Å². The monoisotopic (exact) mass is 394 g/mol. The fraction of sp³-hybridized carbons (Fsp3) is 0.526. The maximum atomic E-state index is 12.2. The molecule has 0 unspecified atom stereocenters. The summed E-state index contributed by atoms with van der Waals surface area (Å²) < 4.78 is 10.7. The minimum absolute atomic E-state index is 0. The van der Waals surface area contributed by atoms with Crippen LogP contribution >= 0.6 is 12.4 Å². The topological polar surface area (TPSA) is 71.7 Å². The standard InChI is InChI=1S/C19H26N4O3.ClH/c1-2-25-14-9-18(24)23-11-6-10-22(12-13-23)15-17-20-19(26-21-17)16-7-4-3-5-8-16;/h3-5,7-8H,2,6,9-15H2,1H3;1H. The second kappa shape index (κ2) is 11.0. The maximum absolute atomic E-state index is 12.2. The molecule has 0 radical (unpaired) electrons. The summed E-state index contributed by atoms with van der Waals surface area (Å²) in [5.41, 5.74) is 0.924. The molecule has 3 rings (SSSR count). The number of amides is 1. The van der Waals surface area contributed by atoms with Crippen molar-refractivity contribution in [3.8, 4) is 11.5 Å². The smallest absolute Gasteiger partial charge is 0.257 e. The number of benzene rings is 1. The van der Waals surface area contributed by atoms with E-state index in [4.69, 9.17) is 9.26 Å². The molecular weight excluding hydrogens is 368 g/mol. The molecular formula is C19H27ClN4O3. The first-order valence-electron chi connectivity index (χ1n) is 9.22. The van der Waals surface area contributed by atoms with Crippen LogP contribution in [0.5, 0.6) is 0 Å². The van der Waals surface area contributed by atoms with Crippen molar-refractivity contribution in [3.63, 3.8) is 0 Å². The summed E-state index contributed by atoms with van der Waals surface area (Å²) in [6.45, 7) is 6.99. The number of halogens is 1. The molecule has 1 aromatic heterocycles. The average molecular weight is 395 g/mol. The van der Waals surface area contributed by atoms with E-state index >= 15 is 0 Å². The van der Waals surface area contributed by atoms with Gasteiger partial charge in [0.05, 0.1) is 19.6 Å². The van der Waals surface area contributed by atoms with E-state index in [2.05, 4.69) is 15.0 Å². The third-order valence-corrected chi connectivity index (χ3v) is 4.46. The van der Waals surface area contributed by atoms with Crippen molar-refractivity contribution in [1.29, 1.82) is 0 Å². The van der Waals surface area contributed by atoms with Gasteiger partial charge < -0.3 is 14.2 Å². The predicted molar refractivity (Wildman–Crippen MR) is 105 cm³/mol. The van der Waals surface area contributed by atoms with Gasteiger partial charge in [0.1, 0.15) is 0 Å². The highest BCUT2D eigenvalue weighted by atomic mass is 35.5. The van der Waals surface area contributed by atoms with Crippen molar-refractivity contribution in [2.75, 3.05) is 39.4 Å². The van der Waals surface area contributed by atoms with Crippen LogP contribution in [0.4, 0.5) is 0 Å². The van der Waals surface area contributed by atoms with Crippen LogP contribution in [0.3, 0.4) is 0 Å². The Morgan fingerprint density at radius 2 is 2.00 bits per heavy atom. The SMILES string of the molecule is CCOCCC(=O)N1CCCN(Cc2noc(-c3ccccc3)n2)CC1.Cl. The average Bonchev–Trinajstić information content (AvgIpc) is 3.00. The first-order valence-corrected chi connectivity index (χ1v) is 9.22. The third kappa shape index (κ3) is 6.30. The van der Waals surface area contributed by atoms with Crippen LogP contribution < -0.4 is 0 Å². The van der Waals surface area contributed by atoms with Gasteiger partial charge in [-0.2, -0.15) is 4.98 Å². The quantitative estimate of drug-likeness (QED) is 0.672. The highest BCUT2D eigenvalue weighted by Crippen LogP contribution is 2.17. The first kappa shape index (κ1) is 21.3. The van der Waals surface area contributed by atoms with Crippen LogP contribution in [0.25, 0.3) is 11.5 Å². The molecule has 0 N–H and O–H groups in total. The number of ether oxygens (including phenoxy) is 1. The third-order valence-electron chi connectivity index (χ3n) is 4.46. The van der Waals surface area contributed by atoms with Crippen LogP contribution in [0.1, 0.15) is 25.6 Å². The number of carbonyl (C=O) groups excluding carboxylic acids is 1. The number of nitrogens with zero attached hydrogens (tertiary/aromatic N) is 4. The molecule has 7 nitrogen and oxygen atoms in total. The molecule has 1 fully saturated rings. The van der Waals surface area contributed by atoms with Gasteiger partial charge in [0.2, 0.25) is 5.91 Å². The number of aromatic nitrogens is 2. The molecule has 0 bridgehead atoms. The zero-order valence-corrected chi connectivity index (χ0v) is 16.5. The highest BCUT2D eigenvalue weighted by Gasteiger charge is 2.20. The molecule has 1 aliphatic heterocycles. The van der Waals surface area contributed by atoms with E-state index in [1.807, 2.05) is 42.2 Å². The summed E-state index contributed by atoms with van der Waals surface area (Å²) in [4.78, 5) is 20.9. The fourth-order valence-electron chi connectivity index (χ4n) is 3.06. The van der Waals surface area contributed by atoms with Crippen LogP contribution in [0.2, 0.25) is 0 Å². The molecule has 1 aromatic carbocycles. The van der Waals surface area contributed by atoms with E-state index in [1.54, 1.807) is 0 Å². The van der Waals surface area contributed by atoms with Gasteiger partial charge in [-0.1, -0.05) is 23.4 Å². The van der Waals surface area contributed by atoms with Crippen LogP contribution in [-0.2, 0) is 16.1 Å². The number of hydrogen-bond donors (Lipinski definition) is 0. The predicted octanol–water partition coefficient (Wildman–Crippen LogP) is 2.62. The molecule has 8 heteroatoms. The molecule has 1 saturated heterocycles. The van der Waals surface area contributed by atoms with E-state index in [1.165, 1.54) is 0 Å². The molecule has 1 aliphatic rings. The van der Waals surface area contributed by atoms with Crippen LogP contribution in [0.15, 0.2) is 34.9 Å². The van der Waals surface area contributed by atoms with Crippen molar-refractivity contribution < 1.29 is 14.1 Å². The van der Waals surface area contributed by atoms with Crippen molar-refractivity contribution in [2.45, 2.75) is 26.3 Å². The molecule has 148 valence electrons. The van der Waals surface area contributed by atoms with Crippen molar-refractivity contribution in [3.05, 3.63) is 36.2 Å². The maximum Gasteiger partial charge on any atom is 0.257 e. The van der Waals surface area contributed by atoms with E-state index in [9.17, 15) is 4.79 Å². The molecule has 0 atom stereocenters. The lowest BCUT2D eigenvalue weighted by Crippen LogP contribution is -2.35. The Kier molecular flexibility index (Phi) is 8.71. The van der Waals surface area contributed by atoms with Gasteiger partial charge in [-0.3, -0.25) is 9.69 Å². The minimum Gasteiger partial charge on any atom is -0.381 e. The summed E-state index contributed by atoms with van der Waals surface area (Å²) in [6, 6.07) is 9.76. The molecule has 0 aliphatic carbocycles. The second-order valence-electron chi connectivity index (χ2n) is 6.34. The molecule has 0 saturated carbocycles. The number of carbonyl (C=O) groups is 1. The molecule has 0 spiro atoms. The number of hydrogen-bond acceptors (Lipinski definition) is 6. The van der Waals surface area contributed by atoms with Gasteiger partial charge in [-0.15, -0.1) is 12.4 Å². The Morgan fingerprint density at radius 3 is 2.78 bits per heavy atom. The summed E-state index contributed by atoms with van der Waals surface area (Å²) >= 11 is 0. The Balaban J connectivity index is 0.00000261. The van der Waals surface area contributed by atoms with Gasteiger partial charge in [-0.25, -0.2) is 0 Å². The summed E-state index contributed by atoms with van der Waals surface area (Å²) in [5, 5.41) is 4.10. The first-order chi connectivity index (χ1) is 12.8. The molecule has 27 heavy (non-hydrogen) atoms. The zero-order chi connectivity index (χ0) is 18.2. The van der Waals surface area contributed by atoms with Crippen molar-refractivity contribution in [2.24, 2.45) is 0 Å². The fourth-order valence-corrected chi connectivity index (χ4v) is 3.06. The van der Waals surface area contributed by atoms with Crippen LogP contribution in [-0.4, -0.2) is 65.2 Å². The van der Waals surface area contributed by atoms with E-state index < -0.39 is 0 Å². The summed E-state index contributed by atoms with van der Waals surface area (Å²) in [6.07, 6.45) is 1.41.